The van der Waals surface area contributed by atoms with Crippen LogP contribution in [0.15, 0.2) is 12.1 Å². The molecule has 0 radical (unpaired) electrons. The van der Waals surface area contributed by atoms with Gasteiger partial charge in [0.1, 0.15) is 17.8 Å². The Balaban J connectivity index is 2.91. The Labute approximate surface area is 87.4 Å². The fourth-order valence-electron chi connectivity index (χ4n) is 1.12. The molecule has 0 aliphatic heterocycles. The SMILES string of the molecule is Cc1cc(NC(C)C(=O)O)cc(C#N)n1. The molecule has 0 saturated heterocycles. The third kappa shape index (κ3) is 2.95. The largest absolute Gasteiger partial charge is 0.480 e. The lowest BCUT2D eigenvalue weighted by molar-refractivity contribution is -0.137. The van der Waals surface area contributed by atoms with E-state index in [-0.39, 0.29) is 5.69 Å². The monoisotopic (exact) mass is 205 g/mol. The van der Waals surface area contributed by atoms with Gasteiger partial charge < -0.3 is 10.4 Å². The molecule has 1 aromatic rings. The van der Waals surface area contributed by atoms with Crippen molar-refractivity contribution in [3.05, 3.63) is 23.5 Å². The van der Waals surface area contributed by atoms with E-state index in [2.05, 4.69) is 10.3 Å². The molecule has 0 spiro atoms. The second-order valence-corrected chi connectivity index (χ2v) is 3.20. The molecular formula is C10H11N3O2. The molecule has 2 N–H and O–H groups in total. The lowest BCUT2D eigenvalue weighted by Gasteiger charge is -2.11. The predicted octanol–water partition coefficient (Wildman–Crippen LogP) is 1.15. The van der Waals surface area contributed by atoms with Gasteiger partial charge in [-0.05, 0) is 26.0 Å². The minimum absolute atomic E-state index is 0.273. The molecular weight excluding hydrogens is 194 g/mol. The first-order valence-corrected chi connectivity index (χ1v) is 4.41. The molecule has 15 heavy (non-hydrogen) atoms. The Hall–Kier alpha value is -2.09. The van der Waals surface area contributed by atoms with Crippen LogP contribution in [-0.2, 0) is 4.79 Å². The Bertz CT molecular complexity index is 423. The molecule has 0 aromatic carbocycles. The molecule has 5 heteroatoms. The second-order valence-electron chi connectivity index (χ2n) is 3.20. The molecule has 78 valence electrons. The van der Waals surface area contributed by atoms with E-state index in [1.807, 2.05) is 6.07 Å². The van der Waals surface area contributed by atoms with Gasteiger partial charge in [-0.3, -0.25) is 4.79 Å². The van der Waals surface area contributed by atoms with Gasteiger partial charge in [0.2, 0.25) is 0 Å². The first-order valence-electron chi connectivity index (χ1n) is 4.41. The van der Waals surface area contributed by atoms with Crippen LogP contribution in [0.25, 0.3) is 0 Å². The van der Waals surface area contributed by atoms with Gasteiger partial charge in [0.15, 0.2) is 0 Å². The van der Waals surface area contributed by atoms with Crippen LogP contribution in [0.4, 0.5) is 5.69 Å². The summed E-state index contributed by atoms with van der Waals surface area (Å²) in [6.45, 7) is 3.28. The quantitative estimate of drug-likeness (QED) is 0.772. The van der Waals surface area contributed by atoms with Crippen LogP contribution in [-0.4, -0.2) is 22.1 Å². The topological polar surface area (TPSA) is 86.0 Å². The van der Waals surface area contributed by atoms with Crippen LogP contribution >= 0.6 is 0 Å². The number of aromatic nitrogens is 1. The van der Waals surface area contributed by atoms with Crippen LogP contribution in [0.5, 0.6) is 0 Å². The predicted molar refractivity (Wildman–Crippen MR) is 54.4 cm³/mol. The highest BCUT2D eigenvalue weighted by molar-refractivity contribution is 5.76. The fraction of sp³-hybridized carbons (Fsp3) is 0.300. The zero-order valence-electron chi connectivity index (χ0n) is 8.48. The van der Waals surface area contributed by atoms with Crippen molar-refractivity contribution in [3.63, 3.8) is 0 Å². The Morgan fingerprint density at radius 1 is 1.67 bits per heavy atom. The van der Waals surface area contributed by atoms with Crippen molar-refractivity contribution >= 4 is 11.7 Å². The van der Waals surface area contributed by atoms with Gasteiger partial charge in [0, 0.05) is 11.4 Å². The average Bonchev–Trinajstić information content (AvgIpc) is 2.16. The second kappa shape index (κ2) is 4.42. The zero-order valence-corrected chi connectivity index (χ0v) is 8.48. The van der Waals surface area contributed by atoms with Crippen molar-refractivity contribution in [2.75, 3.05) is 5.32 Å². The van der Waals surface area contributed by atoms with Crippen LogP contribution in [0.3, 0.4) is 0 Å². The number of carbonyl (C=O) groups is 1. The summed E-state index contributed by atoms with van der Waals surface area (Å²) in [4.78, 5) is 14.6. The van der Waals surface area contributed by atoms with E-state index in [4.69, 9.17) is 10.4 Å². The summed E-state index contributed by atoms with van der Waals surface area (Å²) in [5, 5.41) is 20.1. The van der Waals surface area contributed by atoms with Crippen LogP contribution < -0.4 is 5.32 Å². The molecule has 1 unspecified atom stereocenters. The van der Waals surface area contributed by atoms with E-state index >= 15 is 0 Å². The fourth-order valence-corrected chi connectivity index (χ4v) is 1.12. The number of hydrogen-bond acceptors (Lipinski definition) is 4. The minimum atomic E-state index is -0.942. The lowest BCUT2D eigenvalue weighted by atomic mass is 10.2. The molecule has 1 heterocycles. The Morgan fingerprint density at radius 3 is 2.87 bits per heavy atom. The Morgan fingerprint density at radius 2 is 2.33 bits per heavy atom. The van der Waals surface area contributed by atoms with Gasteiger partial charge in [-0.25, -0.2) is 4.98 Å². The molecule has 0 amide bonds. The van der Waals surface area contributed by atoms with Gasteiger partial charge in [0.25, 0.3) is 0 Å². The highest BCUT2D eigenvalue weighted by Gasteiger charge is 2.10. The van der Waals surface area contributed by atoms with E-state index in [1.165, 1.54) is 13.0 Å². The maximum absolute atomic E-state index is 10.6. The molecule has 5 nitrogen and oxygen atoms in total. The van der Waals surface area contributed by atoms with E-state index in [0.717, 1.165) is 0 Å². The summed E-state index contributed by atoms with van der Waals surface area (Å²) in [6.07, 6.45) is 0. The normalized spacial score (nSPS) is 11.5. The van der Waals surface area contributed by atoms with Crippen molar-refractivity contribution in [1.29, 1.82) is 5.26 Å². The van der Waals surface area contributed by atoms with Gasteiger partial charge in [-0.2, -0.15) is 5.26 Å². The van der Waals surface area contributed by atoms with E-state index in [0.29, 0.717) is 11.4 Å². The first kappa shape index (κ1) is 11.0. The standard InChI is InChI=1S/C10H11N3O2/c1-6-3-8(4-9(5-11)12-6)13-7(2)10(14)15/h3-4,7H,1-2H3,(H,12,13)(H,14,15). The minimum Gasteiger partial charge on any atom is -0.480 e. The van der Waals surface area contributed by atoms with Crippen LogP contribution in [0, 0.1) is 18.3 Å². The summed E-state index contributed by atoms with van der Waals surface area (Å²) >= 11 is 0. The van der Waals surface area contributed by atoms with E-state index in [1.54, 1.807) is 13.0 Å². The van der Waals surface area contributed by atoms with Crippen molar-refractivity contribution in [2.45, 2.75) is 19.9 Å². The summed E-state index contributed by atoms with van der Waals surface area (Å²) in [7, 11) is 0. The van der Waals surface area contributed by atoms with Crippen molar-refractivity contribution in [3.8, 4) is 6.07 Å². The van der Waals surface area contributed by atoms with Gasteiger partial charge >= 0.3 is 5.97 Å². The number of rotatable bonds is 3. The molecule has 0 aliphatic rings. The number of nitriles is 1. The number of aryl methyl sites for hydroxylation is 1. The molecule has 1 atom stereocenters. The smallest absolute Gasteiger partial charge is 0.325 e. The van der Waals surface area contributed by atoms with E-state index in [9.17, 15) is 4.79 Å². The van der Waals surface area contributed by atoms with Crippen LogP contribution in [0.1, 0.15) is 18.3 Å². The number of aliphatic carboxylic acids is 1. The number of anilines is 1. The summed E-state index contributed by atoms with van der Waals surface area (Å²) in [6, 6.07) is 4.43. The van der Waals surface area contributed by atoms with Crippen LogP contribution in [0.2, 0.25) is 0 Å². The van der Waals surface area contributed by atoms with Crippen molar-refractivity contribution in [1.82, 2.24) is 4.98 Å². The van der Waals surface area contributed by atoms with Gasteiger partial charge in [-0.1, -0.05) is 0 Å². The summed E-state index contributed by atoms with van der Waals surface area (Å²) < 4.78 is 0. The zero-order chi connectivity index (χ0) is 11.4. The van der Waals surface area contributed by atoms with Crippen molar-refractivity contribution in [2.24, 2.45) is 0 Å². The number of pyridine rings is 1. The Kier molecular flexibility index (Phi) is 3.24. The molecule has 1 rings (SSSR count). The molecule has 0 fully saturated rings. The summed E-state index contributed by atoms with van der Waals surface area (Å²) in [5.41, 5.74) is 1.54. The third-order valence-corrected chi connectivity index (χ3v) is 1.82. The molecule has 0 saturated carbocycles. The number of carboxylic acids is 1. The highest BCUT2D eigenvalue weighted by Crippen LogP contribution is 2.11. The first-order chi connectivity index (χ1) is 7.02. The summed E-state index contributed by atoms with van der Waals surface area (Å²) in [5.74, 6) is -0.942. The molecule has 1 aromatic heterocycles. The number of carboxylic acid groups (broad SMARTS) is 1. The number of nitrogens with one attached hydrogen (secondary N) is 1. The number of nitrogens with zero attached hydrogens (tertiary/aromatic N) is 2. The van der Waals surface area contributed by atoms with Gasteiger partial charge in [0.05, 0.1) is 0 Å². The van der Waals surface area contributed by atoms with Crippen molar-refractivity contribution < 1.29 is 9.90 Å². The maximum Gasteiger partial charge on any atom is 0.325 e. The molecule has 0 bridgehead atoms. The molecule has 0 aliphatic carbocycles. The van der Waals surface area contributed by atoms with Gasteiger partial charge in [-0.15, -0.1) is 0 Å². The van der Waals surface area contributed by atoms with E-state index < -0.39 is 12.0 Å². The number of hydrogen-bond donors (Lipinski definition) is 2. The third-order valence-electron chi connectivity index (χ3n) is 1.82. The average molecular weight is 205 g/mol. The lowest BCUT2D eigenvalue weighted by Crippen LogP contribution is -2.25. The maximum atomic E-state index is 10.6. The highest BCUT2D eigenvalue weighted by atomic mass is 16.4.